The fourth-order valence-corrected chi connectivity index (χ4v) is 2.16. The predicted molar refractivity (Wildman–Crippen MR) is 69.0 cm³/mol. The van der Waals surface area contributed by atoms with E-state index in [1.165, 1.54) is 17.4 Å². The molecule has 19 heavy (non-hydrogen) atoms. The molecule has 0 spiro atoms. The Morgan fingerprint density at radius 1 is 1.21 bits per heavy atom. The third kappa shape index (κ3) is 3.53. The molecule has 98 valence electrons. The summed E-state index contributed by atoms with van der Waals surface area (Å²) in [5.74, 6) is 3.76. The summed E-state index contributed by atoms with van der Waals surface area (Å²) >= 11 is 1.45. The third-order valence-corrected chi connectivity index (χ3v) is 3.20. The Morgan fingerprint density at radius 2 is 2.05 bits per heavy atom. The molecule has 2 rings (SSSR count). The first-order valence-corrected chi connectivity index (χ1v) is 6.32. The fourth-order valence-electron chi connectivity index (χ4n) is 1.41. The summed E-state index contributed by atoms with van der Waals surface area (Å²) in [6.45, 7) is 0.0114. The standard InChI is InChI=1S/C14H10F2O2S/c15-12-4-3-11(8-13(12)16)18-9-14-10(2-1-6-17)5-7-19-14/h3-5,7-8,17H,6,9H2. The maximum Gasteiger partial charge on any atom is 0.162 e. The van der Waals surface area contributed by atoms with Crippen LogP contribution in [0, 0.1) is 23.5 Å². The molecule has 1 aromatic carbocycles. The van der Waals surface area contributed by atoms with Gasteiger partial charge in [-0.15, -0.1) is 11.3 Å². The van der Waals surface area contributed by atoms with Gasteiger partial charge in [-0.05, 0) is 23.6 Å². The molecule has 0 saturated carbocycles. The lowest BCUT2D eigenvalue weighted by Gasteiger charge is -2.05. The van der Waals surface area contributed by atoms with Gasteiger partial charge in [-0.1, -0.05) is 11.8 Å². The highest BCUT2D eigenvalue weighted by molar-refractivity contribution is 7.10. The molecule has 1 N–H and O–H groups in total. The Balaban J connectivity index is 2.06. The Morgan fingerprint density at radius 3 is 2.79 bits per heavy atom. The summed E-state index contributed by atoms with van der Waals surface area (Å²) in [6, 6.07) is 5.20. The molecule has 0 bridgehead atoms. The average molecular weight is 280 g/mol. The number of benzene rings is 1. The van der Waals surface area contributed by atoms with Gasteiger partial charge in [0.2, 0.25) is 0 Å². The van der Waals surface area contributed by atoms with Crippen molar-refractivity contribution in [2.24, 2.45) is 0 Å². The molecule has 0 aliphatic heterocycles. The molecule has 0 unspecified atom stereocenters. The Hall–Kier alpha value is -1.90. The van der Waals surface area contributed by atoms with E-state index in [1.807, 2.05) is 11.4 Å². The van der Waals surface area contributed by atoms with Gasteiger partial charge < -0.3 is 9.84 Å². The lowest BCUT2D eigenvalue weighted by molar-refractivity contribution is 0.306. The minimum absolute atomic E-state index is 0.209. The zero-order valence-corrected chi connectivity index (χ0v) is 10.6. The smallest absolute Gasteiger partial charge is 0.162 e. The number of thiophene rings is 1. The molecule has 0 aliphatic carbocycles. The lowest BCUT2D eigenvalue weighted by Crippen LogP contribution is -1.96. The van der Waals surface area contributed by atoms with Crippen molar-refractivity contribution in [2.45, 2.75) is 6.61 Å². The third-order valence-electron chi connectivity index (χ3n) is 2.31. The van der Waals surface area contributed by atoms with Crippen LogP contribution in [0.2, 0.25) is 0 Å². The molecule has 0 aliphatic rings. The second kappa shape index (κ2) is 6.32. The van der Waals surface area contributed by atoms with Crippen LogP contribution >= 0.6 is 11.3 Å². The highest BCUT2D eigenvalue weighted by Crippen LogP contribution is 2.20. The number of aliphatic hydroxyl groups is 1. The number of ether oxygens (including phenoxy) is 1. The van der Waals surface area contributed by atoms with Gasteiger partial charge in [-0.25, -0.2) is 8.78 Å². The molecule has 0 fully saturated rings. The summed E-state index contributed by atoms with van der Waals surface area (Å²) in [7, 11) is 0. The van der Waals surface area contributed by atoms with E-state index in [-0.39, 0.29) is 19.0 Å². The van der Waals surface area contributed by atoms with Gasteiger partial charge in [-0.3, -0.25) is 0 Å². The van der Waals surface area contributed by atoms with Gasteiger partial charge in [0, 0.05) is 11.6 Å². The van der Waals surface area contributed by atoms with Gasteiger partial charge in [0.1, 0.15) is 19.0 Å². The minimum atomic E-state index is -0.941. The Kier molecular flexibility index (Phi) is 4.50. The van der Waals surface area contributed by atoms with Gasteiger partial charge in [0.15, 0.2) is 11.6 Å². The molecule has 0 atom stereocenters. The molecule has 2 nitrogen and oxygen atoms in total. The van der Waals surface area contributed by atoms with Crippen molar-refractivity contribution in [2.75, 3.05) is 6.61 Å². The van der Waals surface area contributed by atoms with Crippen LogP contribution in [0.15, 0.2) is 29.6 Å². The molecule has 5 heteroatoms. The Labute approximate surface area is 113 Å². The number of halogens is 2. The van der Waals surface area contributed by atoms with Crippen molar-refractivity contribution in [1.29, 1.82) is 0 Å². The zero-order valence-electron chi connectivity index (χ0n) is 9.82. The van der Waals surface area contributed by atoms with Crippen LogP contribution in [-0.2, 0) is 6.61 Å². The summed E-state index contributed by atoms with van der Waals surface area (Å²) in [5, 5.41) is 10.5. The topological polar surface area (TPSA) is 29.5 Å². The van der Waals surface area contributed by atoms with Crippen LogP contribution in [0.3, 0.4) is 0 Å². The Bertz CT molecular complexity index is 626. The highest BCUT2D eigenvalue weighted by Gasteiger charge is 2.06. The van der Waals surface area contributed by atoms with Crippen LogP contribution in [0.25, 0.3) is 0 Å². The number of hydrogen-bond donors (Lipinski definition) is 1. The van der Waals surface area contributed by atoms with Crippen LogP contribution in [0.4, 0.5) is 8.78 Å². The number of hydrogen-bond acceptors (Lipinski definition) is 3. The summed E-state index contributed by atoms with van der Waals surface area (Å²) < 4.78 is 31.1. The summed E-state index contributed by atoms with van der Waals surface area (Å²) in [4.78, 5) is 0.866. The lowest BCUT2D eigenvalue weighted by atomic mass is 10.2. The molecular formula is C14H10F2O2S. The van der Waals surface area contributed by atoms with Crippen LogP contribution in [0.1, 0.15) is 10.4 Å². The van der Waals surface area contributed by atoms with Crippen molar-refractivity contribution in [1.82, 2.24) is 0 Å². The highest BCUT2D eigenvalue weighted by atomic mass is 32.1. The van der Waals surface area contributed by atoms with E-state index in [9.17, 15) is 8.78 Å². The summed E-state index contributed by atoms with van der Waals surface area (Å²) in [5.41, 5.74) is 0.765. The first-order valence-electron chi connectivity index (χ1n) is 5.44. The van der Waals surface area contributed by atoms with Crippen molar-refractivity contribution in [3.63, 3.8) is 0 Å². The van der Waals surface area contributed by atoms with E-state index in [0.29, 0.717) is 0 Å². The van der Waals surface area contributed by atoms with Crippen molar-refractivity contribution < 1.29 is 18.6 Å². The number of rotatable bonds is 3. The van der Waals surface area contributed by atoms with Crippen LogP contribution in [-0.4, -0.2) is 11.7 Å². The molecule has 1 heterocycles. The molecular weight excluding hydrogens is 270 g/mol. The fraction of sp³-hybridized carbons (Fsp3) is 0.143. The minimum Gasteiger partial charge on any atom is -0.488 e. The molecule has 0 radical (unpaired) electrons. The van der Waals surface area contributed by atoms with Gasteiger partial charge in [0.05, 0.1) is 4.88 Å². The van der Waals surface area contributed by atoms with Crippen LogP contribution in [0.5, 0.6) is 5.75 Å². The maximum atomic E-state index is 13.0. The monoisotopic (exact) mass is 280 g/mol. The number of aliphatic hydroxyl groups excluding tert-OH is 1. The van der Waals surface area contributed by atoms with E-state index in [1.54, 1.807) is 0 Å². The van der Waals surface area contributed by atoms with Gasteiger partial charge >= 0.3 is 0 Å². The van der Waals surface area contributed by atoms with E-state index in [4.69, 9.17) is 9.84 Å². The van der Waals surface area contributed by atoms with Gasteiger partial charge in [-0.2, -0.15) is 0 Å². The van der Waals surface area contributed by atoms with E-state index >= 15 is 0 Å². The second-order valence-corrected chi connectivity index (χ2v) is 4.58. The normalized spacial score (nSPS) is 9.84. The van der Waals surface area contributed by atoms with Crippen LogP contribution < -0.4 is 4.74 Å². The van der Waals surface area contributed by atoms with Crippen molar-refractivity contribution in [3.05, 3.63) is 51.7 Å². The van der Waals surface area contributed by atoms with Crippen molar-refractivity contribution in [3.8, 4) is 17.6 Å². The largest absolute Gasteiger partial charge is 0.488 e. The first-order chi connectivity index (χ1) is 9.20. The van der Waals surface area contributed by atoms with E-state index in [0.717, 1.165) is 22.6 Å². The second-order valence-electron chi connectivity index (χ2n) is 3.58. The van der Waals surface area contributed by atoms with Gasteiger partial charge in [0.25, 0.3) is 0 Å². The first kappa shape index (κ1) is 13.5. The van der Waals surface area contributed by atoms with E-state index < -0.39 is 11.6 Å². The SMILES string of the molecule is OCC#Cc1ccsc1COc1ccc(F)c(F)c1. The van der Waals surface area contributed by atoms with E-state index in [2.05, 4.69) is 11.8 Å². The maximum absolute atomic E-state index is 13.0. The summed E-state index contributed by atoms with van der Waals surface area (Å²) in [6.07, 6.45) is 0. The quantitative estimate of drug-likeness (QED) is 0.876. The molecule has 2 aromatic rings. The predicted octanol–water partition coefficient (Wildman–Crippen LogP) is 2.95. The van der Waals surface area contributed by atoms with Crippen molar-refractivity contribution >= 4 is 11.3 Å². The molecule has 0 amide bonds. The average Bonchev–Trinajstić information content (AvgIpc) is 2.85. The molecule has 1 aromatic heterocycles. The molecule has 0 saturated heterocycles. The zero-order chi connectivity index (χ0) is 13.7.